The zero-order chi connectivity index (χ0) is 18.0. The largest absolute Gasteiger partial charge is 0.355 e. The quantitative estimate of drug-likeness (QED) is 0.903. The van der Waals surface area contributed by atoms with Gasteiger partial charge in [-0.15, -0.1) is 5.10 Å². The van der Waals surface area contributed by atoms with Crippen LogP contribution in [0.15, 0.2) is 30.5 Å². The van der Waals surface area contributed by atoms with Crippen molar-refractivity contribution in [1.82, 2.24) is 15.2 Å². The van der Waals surface area contributed by atoms with Crippen molar-refractivity contribution < 1.29 is 9.47 Å². The third kappa shape index (κ3) is 3.50. The average molecular weight is 355 g/mol. The lowest BCUT2D eigenvalue weighted by molar-refractivity contribution is -0.169. The molecule has 4 rings (SSSR count). The molecule has 0 radical (unpaired) electrons. The molecule has 2 aliphatic rings. The number of rotatable bonds is 4. The molecule has 0 saturated carbocycles. The average Bonchev–Trinajstić information content (AvgIpc) is 3.11. The number of piperidine rings is 1. The number of hydrogen-bond donors (Lipinski definition) is 1. The molecule has 1 N–H and O–H groups in total. The molecule has 2 fully saturated rings. The fourth-order valence-corrected chi connectivity index (χ4v) is 3.60. The van der Waals surface area contributed by atoms with E-state index in [4.69, 9.17) is 9.47 Å². The van der Waals surface area contributed by atoms with Crippen molar-refractivity contribution >= 4 is 17.5 Å². The molecule has 0 amide bonds. The van der Waals surface area contributed by atoms with Gasteiger partial charge in [-0.05, 0) is 17.5 Å². The first kappa shape index (κ1) is 17.2. The van der Waals surface area contributed by atoms with Crippen LogP contribution in [0.2, 0.25) is 0 Å². The van der Waals surface area contributed by atoms with Crippen LogP contribution in [0.4, 0.5) is 17.5 Å². The maximum absolute atomic E-state index is 5.79. The molecule has 2 saturated heterocycles. The highest BCUT2D eigenvalue weighted by Gasteiger charge is 2.40. The number of anilines is 3. The zero-order valence-electron chi connectivity index (χ0n) is 15.3. The van der Waals surface area contributed by atoms with E-state index in [0.717, 1.165) is 37.4 Å². The van der Waals surface area contributed by atoms with E-state index in [1.807, 2.05) is 18.2 Å². The molecule has 2 aliphatic heterocycles. The second kappa shape index (κ2) is 7.17. The first-order valence-electron chi connectivity index (χ1n) is 9.24. The lowest BCUT2D eigenvalue weighted by atomic mass is 10.0. The lowest BCUT2D eigenvalue weighted by Gasteiger charge is -2.37. The highest BCUT2D eigenvalue weighted by Crippen LogP contribution is 2.33. The summed E-state index contributed by atoms with van der Waals surface area (Å²) < 4.78 is 11.6. The van der Waals surface area contributed by atoms with Crippen molar-refractivity contribution in [1.29, 1.82) is 0 Å². The maximum Gasteiger partial charge on any atom is 0.249 e. The Hall–Kier alpha value is -2.25. The smallest absolute Gasteiger partial charge is 0.249 e. The first-order chi connectivity index (χ1) is 12.7. The third-order valence-electron chi connectivity index (χ3n) is 5.04. The molecule has 138 valence electrons. The van der Waals surface area contributed by atoms with E-state index in [2.05, 4.69) is 45.3 Å². The Morgan fingerprint density at radius 1 is 1.12 bits per heavy atom. The highest BCUT2D eigenvalue weighted by molar-refractivity contribution is 5.60. The van der Waals surface area contributed by atoms with Gasteiger partial charge < -0.3 is 19.7 Å². The van der Waals surface area contributed by atoms with Crippen molar-refractivity contribution in [2.75, 3.05) is 36.5 Å². The number of aromatic nitrogens is 3. The van der Waals surface area contributed by atoms with E-state index in [9.17, 15) is 0 Å². The number of para-hydroxylation sites is 1. The third-order valence-corrected chi connectivity index (χ3v) is 5.04. The molecule has 0 bridgehead atoms. The molecule has 1 spiro atoms. The minimum Gasteiger partial charge on any atom is -0.355 e. The van der Waals surface area contributed by atoms with Crippen molar-refractivity contribution in [3.63, 3.8) is 0 Å². The Kier molecular flexibility index (Phi) is 4.74. The van der Waals surface area contributed by atoms with E-state index in [1.165, 1.54) is 5.56 Å². The summed E-state index contributed by atoms with van der Waals surface area (Å²) in [5.74, 6) is 1.38. The Labute approximate surface area is 153 Å². The summed E-state index contributed by atoms with van der Waals surface area (Å²) in [6, 6.07) is 8.23. The minimum atomic E-state index is -0.381. The van der Waals surface area contributed by atoms with Crippen LogP contribution in [0.1, 0.15) is 38.2 Å². The van der Waals surface area contributed by atoms with Crippen molar-refractivity contribution in [2.24, 2.45) is 0 Å². The van der Waals surface area contributed by atoms with E-state index < -0.39 is 0 Å². The summed E-state index contributed by atoms with van der Waals surface area (Å²) in [5.41, 5.74) is 2.25. The van der Waals surface area contributed by atoms with Crippen LogP contribution in [0.25, 0.3) is 0 Å². The Morgan fingerprint density at radius 3 is 2.58 bits per heavy atom. The molecule has 7 heteroatoms. The SMILES string of the molecule is CC(C)c1ccccc1Nc1nncc(N2CCC3(CC2)OCCO3)n1. The number of nitrogens with one attached hydrogen (secondary N) is 1. The fraction of sp³-hybridized carbons (Fsp3) is 0.526. The maximum atomic E-state index is 5.79. The van der Waals surface area contributed by atoms with Gasteiger partial charge in [-0.1, -0.05) is 32.0 Å². The predicted molar refractivity (Wildman–Crippen MR) is 99.7 cm³/mol. The molecule has 0 atom stereocenters. The number of hydrogen-bond acceptors (Lipinski definition) is 7. The molecule has 1 aromatic carbocycles. The number of ether oxygens (including phenoxy) is 2. The van der Waals surface area contributed by atoms with Gasteiger partial charge in [-0.2, -0.15) is 10.1 Å². The summed E-state index contributed by atoms with van der Waals surface area (Å²) >= 11 is 0. The number of benzene rings is 1. The van der Waals surface area contributed by atoms with Crippen LogP contribution >= 0.6 is 0 Å². The highest BCUT2D eigenvalue weighted by atomic mass is 16.7. The monoisotopic (exact) mass is 355 g/mol. The second-order valence-electron chi connectivity index (χ2n) is 7.10. The predicted octanol–water partition coefficient (Wildman–Crippen LogP) is 3.08. The van der Waals surface area contributed by atoms with Crippen LogP contribution in [-0.2, 0) is 9.47 Å². The normalized spacial score (nSPS) is 19.3. The zero-order valence-corrected chi connectivity index (χ0v) is 15.3. The van der Waals surface area contributed by atoms with Crippen LogP contribution < -0.4 is 10.2 Å². The summed E-state index contributed by atoms with van der Waals surface area (Å²) in [7, 11) is 0. The minimum absolute atomic E-state index is 0.381. The summed E-state index contributed by atoms with van der Waals surface area (Å²) in [4.78, 5) is 6.88. The van der Waals surface area contributed by atoms with Crippen molar-refractivity contribution in [3.8, 4) is 0 Å². The van der Waals surface area contributed by atoms with Gasteiger partial charge in [-0.25, -0.2) is 0 Å². The van der Waals surface area contributed by atoms with Gasteiger partial charge in [0, 0.05) is 31.6 Å². The summed E-state index contributed by atoms with van der Waals surface area (Å²) in [6.45, 7) is 7.40. The molecule has 26 heavy (non-hydrogen) atoms. The van der Waals surface area contributed by atoms with E-state index >= 15 is 0 Å². The van der Waals surface area contributed by atoms with E-state index in [1.54, 1.807) is 6.20 Å². The summed E-state index contributed by atoms with van der Waals surface area (Å²) in [6.07, 6.45) is 3.40. The van der Waals surface area contributed by atoms with Gasteiger partial charge in [0.1, 0.15) is 0 Å². The topological polar surface area (TPSA) is 72.4 Å². The van der Waals surface area contributed by atoms with Gasteiger partial charge in [0.25, 0.3) is 0 Å². The van der Waals surface area contributed by atoms with Crippen molar-refractivity contribution in [2.45, 2.75) is 38.4 Å². The van der Waals surface area contributed by atoms with Gasteiger partial charge in [0.05, 0.1) is 19.4 Å². The molecule has 0 aliphatic carbocycles. The van der Waals surface area contributed by atoms with E-state index in [-0.39, 0.29) is 5.79 Å². The molecule has 7 nitrogen and oxygen atoms in total. The van der Waals surface area contributed by atoms with Crippen LogP contribution in [0.3, 0.4) is 0 Å². The molecule has 2 aromatic rings. The fourth-order valence-electron chi connectivity index (χ4n) is 3.60. The Bertz CT molecular complexity index is 751. The first-order valence-corrected chi connectivity index (χ1v) is 9.24. The van der Waals surface area contributed by atoms with E-state index in [0.29, 0.717) is 25.1 Å². The van der Waals surface area contributed by atoms with Gasteiger partial charge >= 0.3 is 0 Å². The molecular weight excluding hydrogens is 330 g/mol. The lowest BCUT2D eigenvalue weighted by Crippen LogP contribution is -2.45. The Morgan fingerprint density at radius 2 is 1.85 bits per heavy atom. The Balaban J connectivity index is 1.48. The van der Waals surface area contributed by atoms with Crippen LogP contribution in [-0.4, -0.2) is 47.3 Å². The molecule has 3 heterocycles. The van der Waals surface area contributed by atoms with Crippen molar-refractivity contribution in [3.05, 3.63) is 36.0 Å². The molecular formula is C19H25N5O2. The van der Waals surface area contributed by atoms with Gasteiger partial charge in [0.2, 0.25) is 5.95 Å². The number of nitrogens with zero attached hydrogens (tertiary/aromatic N) is 4. The summed E-state index contributed by atoms with van der Waals surface area (Å²) in [5, 5.41) is 11.6. The second-order valence-corrected chi connectivity index (χ2v) is 7.10. The standard InChI is InChI=1S/C19H25N5O2/c1-14(2)15-5-3-4-6-16(15)21-18-22-17(13-20-23-18)24-9-7-19(8-10-24)25-11-12-26-19/h3-6,13-14H,7-12H2,1-2H3,(H,21,22,23). The van der Waals surface area contributed by atoms with Crippen LogP contribution in [0.5, 0.6) is 0 Å². The molecule has 1 aromatic heterocycles. The van der Waals surface area contributed by atoms with Gasteiger partial charge in [-0.3, -0.25) is 0 Å². The van der Waals surface area contributed by atoms with Crippen LogP contribution in [0, 0.1) is 0 Å². The van der Waals surface area contributed by atoms with Gasteiger partial charge in [0.15, 0.2) is 11.6 Å². The molecule has 0 unspecified atom stereocenters.